The van der Waals surface area contributed by atoms with Crippen LogP contribution in [0.1, 0.15) is 46.6 Å². The molecule has 0 spiro atoms. The quantitative estimate of drug-likeness (QED) is 0.299. The number of hydrogen-bond donors (Lipinski definition) is 1. The fourth-order valence-electron chi connectivity index (χ4n) is 5.20. The number of Topliss-reactive ketones (excluding diaryl/α,β-unsaturated/α-hetero) is 1. The van der Waals surface area contributed by atoms with Crippen LogP contribution in [-0.4, -0.2) is 58.6 Å². The molecular formula is C29H29N5O6S. The zero-order valence-corrected chi connectivity index (χ0v) is 23.5. The molecule has 0 bridgehead atoms. The summed E-state index contributed by atoms with van der Waals surface area (Å²) in [6.45, 7) is 4.05. The number of para-hydroxylation sites is 1. The Morgan fingerprint density at radius 3 is 2.71 bits per heavy atom. The van der Waals surface area contributed by atoms with E-state index in [-0.39, 0.29) is 42.4 Å². The number of carbonyl (C=O) groups excluding carboxylic acids is 3. The summed E-state index contributed by atoms with van der Waals surface area (Å²) < 4.78 is 18.4. The number of nitrogens with one attached hydrogen (secondary N) is 1. The van der Waals surface area contributed by atoms with Gasteiger partial charge in [-0.25, -0.2) is 4.68 Å². The highest BCUT2D eigenvalue weighted by molar-refractivity contribution is 7.10. The van der Waals surface area contributed by atoms with Crippen LogP contribution >= 0.6 is 11.3 Å². The topological polar surface area (TPSA) is 125 Å². The van der Waals surface area contributed by atoms with Crippen LogP contribution in [0.2, 0.25) is 0 Å². The third kappa shape index (κ3) is 5.27. The standard InChI is InChI=1S/C29H29N5O6S/c1-17-9-11-41-28(17)27(29(37)30-14-19-6-5-10-38-19)34(23-13-25-24(39-16-40-25)12-20(23)18(2)35)26(36)15-33-22-8-4-3-7-21(22)31-32-33/h3-4,7-9,11-13,19,27H,5-6,10,14-16H2,1-2H3,(H,30,37)/t19-,27+/m1/s1. The van der Waals surface area contributed by atoms with E-state index in [2.05, 4.69) is 15.6 Å². The van der Waals surface area contributed by atoms with Gasteiger partial charge in [0, 0.05) is 29.7 Å². The second-order valence-electron chi connectivity index (χ2n) is 10.0. The van der Waals surface area contributed by atoms with Crippen molar-refractivity contribution in [2.75, 3.05) is 24.8 Å². The Balaban J connectivity index is 1.47. The lowest BCUT2D eigenvalue weighted by atomic mass is 10.0. The van der Waals surface area contributed by atoms with Crippen LogP contribution in [0.5, 0.6) is 11.5 Å². The maximum atomic E-state index is 14.4. The van der Waals surface area contributed by atoms with Crippen molar-refractivity contribution < 1.29 is 28.6 Å². The van der Waals surface area contributed by atoms with Gasteiger partial charge >= 0.3 is 0 Å². The number of aromatic nitrogens is 3. The predicted molar refractivity (Wildman–Crippen MR) is 151 cm³/mol. The summed E-state index contributed by atoms with van der Waals surface area (Å²) in [7, 11) is 0. The van der Waals surface area contributed by atoms with E-state index in [0.717, 1.165) is 18.4 Å². The summed E-state index contributed by atoms with van der Waals surface area (Å²) in [4.78, 5) is 43.5. The first-order chi connectivity index (χ1) is 19.9. The van der Waals surface area contributed by atoms with Gasteiger partial charge in [-0.2, -0.15) is 0 Å². The molecule has 0 saturated carbocycles. The Kier molecular flexibility index (Phi) is 7.41. The maximum Gasteiger partial charge on any atom is 0.249 e. The minimum absolute atomic E-state index is 0.00956. The number of nitrogens with zero attached hydrogens (tertiary/aromatic N) is 4. The van der Waals surface area contributed by atoms with E-state index in [1.807, 2.05) is 42.6 Å². The summed E-state index contributed by atoms with van der Waals surface area (Å²) >= 11 is 1.37. The van der Waals surface area contributed by atoms with Crippen molar-refractivity contribution >= 4 is 45.7 Å². The Morgan fingerprint density at radius 2 is 1.98 bits per heavy atom. The number of ether oxygens (including phenoxy) is 3. The van der Waals surface area contributed by atoms with Crippen molar-refractivity contribution in [1.82, 2.24) is 20.3 Å². The lowest BCUT2D eigenvalue weighted by molar-refractivity contribution is -0.127. The molecular weight excluding hydrogens is 546 g/mol. The molecule has 2 aromatic carbocycles. The summed E-state index contributed by atoms with van der Waals surface area (Å²) in [6.07, 6.45) is 1.69. The van der Waals surface area contributed by atoms with E-state index in [4.69, 9.17) is 14.2 Å². The van der Waals surface area contributed by atoms with Crippen molar-refractivity contribution in [1.29, 1.82) is 0 Å². The third-order valence-electron chi connectivity index (χ3n) is 7.29. The molecule has 0 aliphatic carbocycles. The molecule has 4 aromatic rings. The Labute approximate surface area is 240 Å². The molecule has 12 heteroatoms. The number of amides is 2. The lowest BCUT2D eigenvalue weighted by Gasteiger charge is -2.32. The zero-order valence-electron chi connectivity index (χ0n) is 22.7. The monoisotopic (exact) mass is 575 g/mol. The second-order valence-corrected chi connectivity index (χ2v) is 11.0. The minimum atomic E-state index is -1.07. The van der Waals surface area contributed by atoms with E-state index < -0.39 is 11.9 Å². The largest absolute Gasteiger partial charge is 0.454 e. The van der Waals surface area contributed by atoms with Crippen molar-refractivity contribution in [3.63, 3.8) is 0 Å². The first-order valence-electron chi connectivity index (χ1n) is 13.4. The highest BCUT2D eigenvalue weighted by Gasteiger charge is 2.38. The Hall–Kier alpha value is -4.29. The van der Waals surface area contributed by atoms with Gasteiger partial charge < -0.3 is 19.5 Å². The summed E-state index contributed by atoms with van der Waals surface area (Å²) in [6, 6.07) is 11.3. The average Bonchev–Trinajstić information content (AvgIpc) is 3.78. The summed E-state index contributed by atoms with van der Waals surface area (Å²) in [5, 5.41) is 13.3. The number of rotatable bonds is 9. The van der Waals surface area contributed by atoms with Crippen molar-refractivity contribution in [2.24, 2.45) is 0 Å². The van der Waals surface area contributed by atoms with Crippen LogP contribution in [0.3, 0.4) is 0 Å². The van der Waals surface area contributed by atoms with Gasteiger partial charge in [0.15, 0.2) is 23.3 Å². The normalized spacial score (nSPS) is 16.6. The number of carbonyl (C=O) groups is 3. The summed E-state index contributed by atoms with van der Waals surface area (Å²) in [5.41, 5.74) is 2.64. The van der Waals surface area contributed by atoms with Crippen molar-refractivity contribution in [3.8, 4) is 11.5 Å². The van der Waals surface area contributed by atoms with E-state index in [9.17, 15) is 14.4 Å². The van der Waals surface area contributed by atoms with Crippen LogP contribution in [0, 0.1) is 6.92 Å². The average molecular weight is 576 g/mol. The second kappa shape index (κ2) is 11.3. The molecule has 2 amide bonds. The molecule has 1 saturated heterocycles. The lowest BCUT2D eigenvalue weighted by Crippen LogP contribution is -2.47. The maximum absolute atomic E-state index is 14.4. The van der Waals surface area contributed by atoms with Gasteiger partial charge in [0.1, 0.15) is 12.1 Å². The van der Waals surface area contributed by atoms with Gasteiger partial charge in [0.25, 0.3) is 0 Å². The first-order valence-corrected chi connectivity index (χ1v) is 14.3. The van der Waals surface area contributed by atoms with Gasteiger partial charge in [-0.15, -0.1) is 16.4 Å². The number of ketones is 1. The molecule has 0 radical (unpaired) electrons. The number of benzene rings is 2. The van der Waals surface area contributed by atoms with E-state index in [1.54, 1.807) is 12.1 Å². The molecule has 4 heterocycles. The molecule has 6 rings (SSSR count). The van der Waals surface area contributed by atoms with E-state index in [1.165, 1.54) is 27.8 Å². The van der Waals surface area contributed by atoms with E-state index >= 15 is 0 Å². The summed E-state index contributed by atoms with van der Waals surface area (Å²) in [5.74, 6) is -0.332. The molecule has 2 aromatic heterocycles. The van der Waals surface area contributed by atoms with Gasteiger partial charge in [-0.05, 0) is 61.9 Å². The van der Waals surface area contributed by atoms with Crippen LogP contribution in [0.25, 0.3) is 11.0 Å². The molecule has 1 N–H and O–H groups in total. The number of thiophene rings is 1. The highest BCUT2D eigenvalue weighted by Crippen LogP contribution is 2.42. The molecule has 2 atom stereocenters. The number of aryl methyl sites for hydroxylation is 1. The third-order valence-corrected chi connectivity index (χ3v) is 8.36. The predicted octanol–water partition coefficient (Wildman–Crippen LogP) is 3.80. The van der Waals surface area contributed by atoms with Crippen LogP contribution in [0.4, 0.5) is 5.69 Å². The number of anilines is 1. The molecule has 2 aliphatic rings. The van der Waals surface area contributed by atoms with Crippen LogP contribution < -0.4 is 19.7 Å². The fraction of sp³-hybridized carbons (Fsp3) is 0.345. The number of fused-ring (bicyclic) bond motifs is 2. The van der Waals surface area contributed by atoms with Crippen molar-refractivity contribution in [2.45, 2.75) is 45.4 Å². The number of hydrogen-bond acceptors (Lipinski definition) is 9. The first kappa shape index (κ1) is 26.9. The molecule has 0 unspecified atom stereocenters. The van der Waals surface area contributed by atoms with Crippen LogP contribution in [-0.2, 0) is 20.9 Å². The Bertz CT molecular complexity index is 1620. The van der Waals surface area contributed by atoms with Gasteiger partial charge in [0.05, 0.1) is 17.3 Å². The van der Waals surface area contributed by atoms with Gasteiger partial charge in [0.2, 0.25) is 18.6 Å². The molecule has 212 valence electrons. The molecule has 1 fully saturated rings. The Morgan fingerprint density at radius 1 is 1.17 bits per heavy atom. The van der Waals surface area contributed by atoms with E-state index in [0.29, 0.717) is 40.6 Å². The molecule has 2 aliphatic heterocycles. The smallest absolute Gasteiger partial charge is 0.249 e. The fourth-order valence-corrected chi connectivity index (χ4v) is 6.22. The SMILES string of the molecule is CC(=O)c1cc2c(cc1N(C(=O)Cn1nnc3ccccc31)[C@H](C(=O)NC[C@H]1CCCO1)c1sccc1C)OCO2. The molecule has 11 nitrogen and oxygen atoms in total. The van der Waals surface area contributed by atoms with Crippen LogP contribution in [0.15, 0.2) is 47.8 Å². The zero-order chi connectivity index (χ0) is 28.5. The molecule has 41 heavy (non-hydrogen) atoms. The van der Waals surface area contributed by atoms with Crippen molar-refractivity contribution in [3.05, 3.63) is 63.8 Å². The highest BCUT2D eigenvalue weighted by atomic mass is 32.1. The van der Waals surface area contributed by atoms with Gasteiger partial charge in [-0.1, -0.05) is 17.3 Å². The minimum Gasteiger partial charge on any atom is -0.454 e. The van der Waals surface area contributed by atoms with Gasteiger partial charge in [-0.3, -0.25) is 19.3 Å².